The minimum absolute atomic E-state index is 0.187. The van der Waals surface area contributed by atoms with E-state index >= 15 is 0 Å². The minimum Gasteiger partial charge on any atom is -0.466 e. The highest BCUT2D eigenvalue weighted by molar-refractivity contribution is 9.09. The summed E-state index contributed by atoms with van der Waals surface area (Å²) < 4.78 is 11.7. The molecule has 2 bridgehead atoms. The summed E-state index contributed by atoms with van der Waals surface area (Å²) in [5, 5.41) is 15.1. The van der Waals surface area contributed by atoms with Crippen molar-refractivity contribution in [2.24, 2.45) is 11.8 Å². The summed E-state index contributed by atoms with van der Waals surface area (Å²) in [6.07, 6.45) is 0.295. The van der Waals surface area contributed by atoms with E-state index in [0.29, 0.717) is 18.5 Å². The first-order valence-electron chi connectivity index (χ1n) is 12.1. The van der Waals surface area contributed by atoms with Crippen LogP contribution in [0.25, 0.3) is 10.8 Å². The maximum atomic E-state index is 13.9. The van der Waals surface area contributed by atoms with Crippen molar-refractivity contribution in [1.82, 2.24) is 4.90 Å². The largest absolute Gasteiger partial charge is 0.466 e. The van der Waals surface area contributed by atoms with Crippen molar-refractivity contribution in [2.45, 2.75) is 55.3 Å². The lowest BCUT2D eigenvalue weighted by atomic mass is 9.70. The average molecular weight is 545 g/mol. The van der Waals surface area contributed by atoms with Crippen LogP contribution in [0.2, 0.25) is 0 Å². The van der Waals surface area contributed by atoms with Crippen molar-refractivity contribution < 1.29 is 29.0 Å². The first kappa shape index (κ1) is 24.2. The number of esters is 1. The number of nitrogens with one attached hydrogen (secondary N) is 1. The molecule has 0 aliphatic carbocycles. The lowest BCUT2D eigenvalue weighted by Gasteiger charge is -2.36. The highest BCUT2D eigenvalue weighted by atomic mass is 79.9. The molecule has 3 fully saturated rings. The van der Waals surface area contributed by atoms with Crippen LogP contribution >= 0.6 is 15.9 Å². The van der Waals surface area contributed by atoms with E-state index in [1.807, 2.05) is 49.4 Å². The number of likely N-dealkylation sites (tertiary alicyclic amines) is 1. The lowest BCUT2D eigenvalue weighted by Crippen LogP contribution is -2.56. The summed E-state index contributed by atoms with van der Waals surface area (Å²) in [6, 6.07) is 11.9. The van der Waals surface area contributed by atoms with Gasteiger partial charge in [-0.05, 0) is 42.7 Å². The second-order valence-corrected chi connectivity index (χ2v) is 10.6. The van der Waals surface area contributed by atoms with Crippen molar-refractivity contribution in [3.63, 3.8) is 0 Å². The number of amides is 2. The first-order chi connectivity index (χ1) is 16.9. The molecule has 9 heteroatoms. The maximum Gasteiger partial charge on any atom is 0.312 e. The Morgan fingerprint density at radius 3 is 2.69 bits per heavy atom. The second kappa shape index (κ2) is 9.19. The number of anilines is 1. The Morgan fingerprint density at radius 2 is 2.00 bits per heavy atom. The molecule has 3 aliphatic heterocycles. The third-order valence-corrected chi connectivity index (χ3v) is 8.47. The van der Waals surface area contributed by atoms with E-state index < -0.39 is 47.5 Å². The van der Waals surface area contributed by atoms with Gasteiger partial charge in [-0.25, -0.2) is 0 Å². The van der Waals surface area contributed by atoms with Crippen molar-refractivity contribution in [3.8, 4) is 0 Å². The summed E-state index contributed by atoms with van der Waals surface area (Å²) >= 11 is 3.62. The number of hydrogen-bond acceptors (Lipinski definition) is 6. The molecule has 2 aromatic rings. The number of hydrogen-bond donors (Lipinski definition) is 2. The van der Waals surface area contributed by atoms with Crippen LogP contribution in [0, 0.1) is 11.8 Å². The third-order valence-electron chi connectivity index (χ3n) is 7.63. The molecule has 3 saturated heterocycles. The zero-order valence-electron chi connectivity index (χ0n) is 19.6. The zero-order chi connectivity index (χ0) is 24.9. The average Bonchev–Trinajstić information content (AvgIpc) is 3.44. The van der Waals surface area contributed by atoms with Crippen molar-refractivity contribution in [2.75, 3.05) is 18.5 Å². The molecule has 2 N–H and O–H groups in total. The van der Waals surface area contributed by atoms with Crippen LogP contribution in [0.3, 0.4) is 0 Å². The van der Waals surface area contributed by atoms with Gasteiger partial charge < -0.3 is 24.8 Å². The Labute approximate surface area is 212 Å². The van der Waals surface area contributed by atoms with Gasteiger partial charge in [0, 0.05) is 10.5 Å². The fourth-order valence-electron chi connectivity index (χ4n) is 6.16. The number of carbonyl (C=O) groups is 3. The number of carbonyl (C=O) groups excluding carboxylic acids is 3. The molecule has 3 heterocycles. The fourth-order valence-corrected chi connectivity index (χ4v) is 7.10. The summed E-state index contributed by atoms with van der Waals surface area (Å²) in [5.74, 6) is -2.88. The predicted molar refractivity (Wildman–Crippen MR) is 133 cm³/mol. The topological polar surface area (TPSA) is 105 Å². The Hall–Kier alpha value is -2.49. The Balaban J connectivity index is 1.54. The highest BCUT2D eigenvalue weighted by Gasteiger charge is 2.77. The molecule has 0 saturated carbocycles. The maximum absolute atomic E-state index is 13.9. The van der Waals surface area contributed by atoms with Gasteiger partial charge in [0.05, 0.1) is 37.2 Å². The summed E-state index contributed by atoms with van der Waals surface area (Å²) in [7, 11) is 0. The molecule has 0 aromatic heterocycles. The molecule has 186 valence electrons. The minimum atomic E-state index is -1.18. The van der Waals surface area contributed by atoms with Gasteiger partial charge in [-0.2, -0.15) is 0 Å². The second-order valence-electron chi connectivity index (χ2n) is 9.46. The van der Waals surface area contributed by atoms with E-state index in [1.165, 1.54) is 4.90 Å². The number of rotatable bonds is 7. The number of aliphatic hydroxyl groups excluding tert-OH is 1. The Kier molecular flexibility index (Phi) is 6.35. The SMILES string of the molecule is CCOC(=O)[C@H]1[C@@H]2OC3(CC2Br)C(C(=O)Nc2ccc4ccccc4c2)N([C@@H](CC)CO)C(=O)[C@H]13. The van der Waals surface area contributed by atoms with Gasteiger partial charge in [0.25, 0.3) is 0 Å². The molecule has 3 unspecified atom stereocenters. The number of nitrogens with zero attached hydrogens (tertiary/aromatic N) is 1. The van der Waals surface area contributed by atoms with E-state index in [9.17, 15) is 19.5 Å². The standard InChI is InChI=1S/C26H29BrN2O6/c1-3-17(13-30)29-22(23(31)28-16-10-9-14-7-5-6-8-15(14)11-16)26-12-18(27)21(35-26)19(20(26)24(29)32)25(33)34-4-2/h5-11,17-22,30H,3-4,12-13H2,1-2H3,(H,28,31)/t17-,18?,19+,20-,21+,22?,26?/m0/s1. The molecule has 3 aliphatic rings. The van der Waals surface area contributed by atoms with Gasteiger partial charge in [0.15, 0.2) is 0 Å². The first-order valence-corrected chi connectivity index (χ1v) is 13.0. The molecule has 1 spiro atoms. The zero-order valence-corrected chi connectivity index (χ0v) is 21.2. The van der Waals surface area contributed by atoms with Gasteiger partial charge in [-0.3, -0.25) is 14.4 Å². The molecule has 8 nitrogen and oxygen atoms in total. The van der Waals surface area contributed by atoms with E-state index in [4.69, 9.17) is 9.47 Å². The van der Waals surface area contributed by atoms with E-state index in [0.717, 1.165) is 10.8 Å². The quantitative estimate of drug-likeness (QED) is 0.410. The van der Waals surface area contributed by atoms with Crippen LogP contribution < -0.4 is 5.32 Å². The van der Waals surface area contributed by atoms with Crippen molar-refractivity contribution >= 4 is 50.2 Å². The normalized spacial score (nSPS) is 32.1. The molecular formula is C26H29BrN2O6. The molecule has 35 heavy (non-hydrogen) atoms. The number of ether oxygens (including phenoxy) is 2. The van der Waals surface area contributed by atoms with E-state index in [2.05, 4.69) is 21.2 Å². The van der Waals surface area contributed by atoms with Crippen LogP contribution in [0.15, 0.2) is 42.5 Å². The molecule has 0 radical (unpaired) electrons. The van der Waals surface area contributed by atoms with Crippen LogP contribution in [-0.4, -0.2) is 69.6 Å². The number of alkyl halides is 1. The molecule has 5 rings (SSSR count). The Bertz CT molecular complexity index is 1170. The van der Waals surface area contributed by atoms with Gasteiger partial charge in [0.2, 0.25) is 11.8 Å². The van der Waals surface area contributed by atoms with E-state index in [-0.39, 0.29) is 23.9 Å². The van der Waals surface area contributed by atoms with Gasteiger partial charge in [0.1, 0.15) is 11.6 Å². The fraction of sp³-hybridized carbons (Fsp3) is 0.500. The van der Waals surface area contributed by atoms with Gasteiger partial charge >= 0.3 is 5.97 Å². The molecular weight excluding hydrogens is 516 g/mol. The number of halogens is 1. The van der Waals surface area contributed by atoms with Gasteiger partial charge in [-0.1, -0.05) is 53.2 Å². The Morgan fingerprint density at radius 1 is 1.26 bits per heavy atom. The molecule has 7 atom stereocenters. The number of aliphatic hydroxyl groups is 1. The molecule has 2 amide bonds. The van der Waals surface area contributed by atoms with Crippen LogP contribution in [0.4, 0.5) is 5.69 Å². The van der Waals surface area contributed by atoms with E-state index in [1.54, 1.807) is 6.92 Å². The van der Waals surface area contributed by atoms with Crippen molar-refractivity contribution in [1.29, 1.82) is 0 Å². The summed E-state index contributed by atoms with van der Waals surface area (Å²) in [6.45, 7) is 3.46. The monoisotopic (exact) mass is 544 g/mol. The van der Waals surface area contributed by atoms with Crippen LogP contribution in [0.1, 0.15) is 26.7 Å². The predicted octanol–water partition coefficient (Wildman–Crippen LogP) is 2.86. The van der Waals surface area contributed by atoms with Crippen molar-refractivity contribution in [3.05, 3.63) is 42.5 Å². The van der Waals surface area contributed by atoms with Gasteiger partial charge in [-0.15, -0.1) is 0 Å². The smallest absolute Gasteiger partial charge is 0.312 e. The highest BCUT2D eigenvalue weighted by Crippen LogP contribution is 2.60. The summed E-state index contributed by atoms with van der Waals surface area (Å²) in [4.78, 5) is 41.9. The third kappa shape index (κ3) is 3.67. The number of fused-ring (bicyclic) bond motifs is 2. The summed E-state index contributed by atoms with van der Waals surface area (Å²) in [5.41, 5.74) is -0.584. The molecule has 2 aromatic carbocycles. The van der Waals surface area contributed by atoms with Crippen LogP contribution in [0.5, 0.6) is 0 Å². The van der Waals surface area contributed by atoms with Crippen LogP contribution in [-0.2, 0) is 23.9 Å². The number of benzene rings is 2. The lowest BCUT2D eigenvalue weighted by molar-refractivity contribution is -0.155.